The van der Waals surface area contributed by atoms with Crippen LogP contribution in [0.2, 0.25) is 0 Å². The number of ether oxygens (including phenoxy) is 2. The second kappa shape index (κ2) is 13.9. The van der Waals surface area contributed by atoms with E-state index in [1.807, 2.05) is 6.07 Å². The Morgan fingerprint density at radius 1 is 0.896 bits per heavy atom. The van der Waals surface area contributed by atoms with Crippen molar-refractivity contribution in [3.63, 3.8) is 0 Å². The van der Waals surface area contributed by atoms with Crippen LogP contribution in [0.25, 0.3) is 11.1 Å². The van der Waals surface area contributed by atoms with Crippen molar-refractivity contribution in [2.24, 2.45) is 0 Å². The normalized spacial score (nSPS) is 26.1. The third-order valence-electron chi connectivity index (χ3n) is 8.35. The van der Waals surface area contributed by atoms with Gasteiger partial charge < -0.3 is 45.0 Å². The zero-order chi connectivity index (χ0) is 34.1. The third kappa shape index (κ3) is 6.61. The smallest absolute Gasteiger partial charge is 0.335 e. The van der Waals surface area contributed by atoms with Crippen molar-refractivity contribution in [1.29, 1.82) is 0 Å². The lowest BCUT2D eigenvalue weighted by Gasteiger charge is -2.47. The number of carboxylic acid groups (broad SMARTS) is 1. The van der Waals surface area contributed by atoms with Crippen LogP contribution in [0, 0.1) is 5.82 Å². The first-order chi connectivity index (χ1) is 23.0. The lowest BCUT2D eigenvalue weighted by Crippen LogP contribution is -2.61. The number of β-lactam (4-membered cyclic amide) rings is 1. The number of aliphatic carboxylic acids is 1. The standard InChI is InChI=1S/C35H32FNO10S/c36-21-12-9-18(10-13-21)26(39)17-48-32-27(37(33(32)43)22-6-2-1-3-7-22)24-14-11-20(16-25(24)38)19-5-4-8-23(15-19)46-35-30(42)28(40)29(41)31(47-35)34(44)45/h1-16,26-32,35,38-42H,17H2,(H,44,45)/t26-,27?,28-,29-,30?,31?,32+,35+/m0/s1. The number of hydrogen-bond donors (Lipinski definition) is 6. The van der Waals surface area contributed by atoms with Gasteiger partial charge in [-0.3, -0.25) is 4.79 Å². The van der Waals surface area contributed by atoms with Gasteiger partial charge in [0, 0.05) is 17.0 Å². The molecule has 2 aliphatic heterocycles. The summed E-state index contributed by atoms with van der Waals surface area (Å²) in [6.07, 6.45) is -9.76. The molecule has 2 aliphatic rings. The second-order valence-corrected chi connectivity index (χ2v) is 12.6. The molecule has 0 aromatic heterocycles. The van der Waals surface area contributed by atoms with Gasteiger partial charge in [-0.25, -0.2) is 9.18 Å². The number of carbonyl (C=O) groups excluding carboxylic acids is 1. The van der Waals surface area contributed by atoms with Crippen molar-refractivity contribution in [2.75, 3.05) is 10.7 Å². The number of aromatic hydroxyl groups is 1. The van der Waals surface area contributed by atoms with Gasteiger partial charge in [0.25, 0.3) is 0 Å². The summed E-state index contributed by atoms with van der Waals surface area (Å²) in [4.78, 5) is 26.5. The number of phenolic OH excluding ortho intramolecular Hbond substituents is 1. The topological polar surface area (TPSA) is 177 Å². The summed E-state index contributed by atoms with van der Waals surface area (Å²) >= 11 is 1.24. The summed E-state index contributed by atoms with van der Waals surface area (Å²) in [6.45, 7) is 0. The molecular weight excluding hydrogens is 645 g/mol. The van der Waals surface area contributed by atoms with E-state index >= 15 is 0 Å². The van der Waals surface area contributed by atoms with Crippen molar-refractivity contribution >= 4 is 29.3 Å². The summed E-state index contributed by atoms with van der Waals surface area (Å²) in [7, 11) is 0. The fourth-order valence-electron chi connectivity index (χ4n) is 5.79. The molecule has 0 spiro atoms. The summed E-state index contributed by atoms with van der Waals surface area (Å²) in [5.41, 5.74) is 2.79. The number of aliphatic hydroxyl groups excluding tert-OH is 4. The van der Waals surface area contributed by atoms with Crippen LogP contribution in [-0.4, -0.2) is 84.2 Å². The molecule has 2 heterocycles. The number of benzene rings is 4. The number of halogens is 1. The van der Waals surface area contributed by atoms with Gasteiger partial charge in [-0.05, 0) is 59.2 Å². The summed E-state index contributed by atoms with van der Waals surface area (Å²) in [6, 6.07) is 25.4. The van der Waals surface area contributed by atoms with Crippen LogP contribution < -0.4 is 9.64 Å². The number of amides is 1. The molecule has 3 unspecified atom stereocenters. The SMILES string of the molecule is O=C(O)C1O[C@@H](Oc2cccc(-c3ccc(C4[C@@H](SC[C@H](O)c5ccc(F)cc5)C(=O)N4c4ccccc4)c(O)c3)c2)C(O)[C@@H](O)[C@@H]1O. The maximum Gasteiger partial charge on any atom is 0.335 e. The minimum Gasteiger partial charge on any atom is -0.508 e. The Kier molecular flexibility index (Phi) is 9.69. The average molecular weight is 678 g/mol. The number of thioether (sulfide) groups is 1. The average Bonchev–Trinajstić information content (AvgIpc) is 3.08. The summed E-state index contributed by atoms with van der Waals surface area (Å²) < 4.78 is 24.3. The number of nitrogens with zero attached hydrogens (tertiary/aromatic N) is 1. The van der Waals surface area contributed by atoms with Crippen LogP contribution >= 0.6 is 11.8 Å². The number of phenols is 1. The number of carboxylic acids is 1. The van der Waals surface area contributed by atoms with Gasteiger partial charge in [0.15, 0.2) is 6.10 Å². The number of aliphatic hydroxyl groups is 4. The Hall–Kier alpha value is -4.50. The Balaban J connectivity index is 1.23. The van der Waals surface area contributed by atoms with Crippen molar-refractivity contribution < 1.29 is 54.1 Å². The zero-order valence-corrected chi connectivity index (χ0v) is 25.9. The van der Waals surface area contributed by atoms with Crippen LogP contribution in [-0.2, 0) is 14.3 Å². The maximum absolute atomic E-state index is 13.4. The molecule has 11 nitrogen and oxygen atoms in total. The number of para-hydroxylation sites is 1. The monoisotopic (exact) mass is 677 g/mol. The number of rotatable bonds is 10. The van der Waals surface area contributed by atoms with E-state index in [1.165, 1.54) is 48.2 Å². The molecule has 6 rings (SSSR count). The molecular formula is C35H32FNO10S. The molecule has 2 fully saturated rings. The van der Waals surface area contributed by atoms with Gasteiger partial charge in [0.1, 0.15) is 40.9 Å². The van der Waals surface area contributed by atoms with E-state index in [1.54, 1.807) is 59.5 Å². The molecule has 6 N–H and O–H groups in total. The second-order valence-electron chi connectivity index (χ2n) is 11.5. The Morgan fingerprint density at radius 2 is 1.60 bits per heavy atom. The number of carbonyl (C=O) groups is 2. The zero-order valence-electron chi connectivity index (χ0n) is 25.1. The minimum absolute atomic E-state index is 0.0885. The molecule has 0 aliphatic carbocycles. The van der Waals surface area contributed by atoms with Crippen molar-refractivity contribution in [3.05, 3.63) is 114 Å². The molecule has 2 saturated heterocycles. The van der Waals surface area contributed by atoms with Crippen LogP contribution in [0.4, 0.5) is 10.1 Å². The van der Waals surface area contributed by atoms with Crippen LogP contribution in [0.1, 0.15) is 23.3 Å². The molecule has 0 radical (unpaired) electrons. The van der Waals surface area contributed by atoms with E-state index in [2.05, 4.69) is 0 Å². The highest BCUT2D eigenvalue weighted by Gasteiger charge is 2.50. The highest BCUT2D eigenvalue weighted by atomic mass is 32.2. The van der Waals surface area contributed by atoms with E-state index in [0.717, 1.165) is 0 Å². The first kappa shape index (κ1) is 33.4. The van der Waals surface area contributed by atoms with Gasteiger partial charge >= 0.3 is 5.97 Å². The maximum atomic E-state index is 13.4. The molecule has 8 atom stereocenters. The van der Waals surface area contributed by atoms with Crippen molar-refractivity contribution in [2.45, 2.75) is 48.1 Å². The van der Waals surface area contributed by atoms with Gasteiger partial charge in [0.05, 0.1) is 12.1 Å². The molecule has 250 valence electrons. The lowest BCUT2D eigenvalue weighted by molar-refractivity contribution is -0.271. The number of hydrogen-bond acceptors (Lipinski definition) is 10. The van der Waals surface area contributed by atoms with E-state index in [0.29, 0.717) is 27.9 Å². The third-order valence-corrected chi connectivity index (χ3v) is 9.68. The Bertz CT molecular complexity index is 1780. The number of anilines is 1. The minimum atomic E-state index is -1.85. The lowest BCUT2D eigenvalue weighted by atomic mass is 9.90. The molecule has 0 saturated carbocycles. The molecule has 4 aromatic carbocycles. The first-order valence-electron chi connectivity index (χ1n) is 15.0. The van der Waals surface area contributed by atoms with Gasteiger partial charge in [-0.2, -0.15) is 0 Å². The Morgan fingerprint density at radius 3 is 2.29 bits per heavy atom. The van der Waals surface area contributed by atoms with Crippen molar-refractivity contribution in [3.8, 4) is 22.6 Å². The summed E-state index contributed by atoms with van der Waals surface area (Å²) in [5.74, 6) is -1.91. The van der Waals surface area contributed by atoms with E-state index in [4.69, 9.17) is 9.47 Å². The molecule has 4 aromatic rings. The van der Waals surface area contributed by atoms with Gasteiger partial charge in [-0.1, -0.05) is 54.6 Å². The van der Waals surface area contributed by atoms with Crippen LogP contribution in [0.15, 0.2) is 97.1 Å². The van der Waals surface area contributed by atoms with Crippen LogP contribution in [0.3, 0.4) is 0 Å². The Labute approximate surface area is 278 Å². The quantitative estimate of drug-likeness (QED) is 0.136. The highest BCUT2D eigenvalue weighted by molar-refractivity contribution is 8.00. The van der Waals surface area contributed by atoms with E-state index in [9.17, 15) is 44.6 Å². The van der Waals surface area contributed by atoms with Crippen LogP contribution in [0.5, 0.6) is 11.5 Å². The molecule has 48 heavy (non-hydrogen) atoms. The van der Waals surface area contributed by atoms with E-state index < -0.39 is 59.9 Å². The van der Waals surface area contributed by atoms with Gasteiger partial charge in [-0.15, -0.1) is 11.8 Å². The van der Waals surface area contributed by atoms with Gasteiger partial charge in [0.2, 0.25) is 12.2 Å². The predicted octanol–water partition coefficient (Wildman–Crippen LogP) is 3.39. The van der Waals surface area contributed by atoms with E-state index in [-0.39, 0.29) is 23.2 Å². The fourth-order valence-corrected chi connectivity index (χ4v) is 7.07. The summed E-state index contributed by atoms with van der Waals surface area (Å²) in [5, 5.41) is 61.1. The first-order valence-corrected chi connectivity index (χ1v) is 16.0. The largest absolute Gasteiger partial charge is 0.508 e. The molecule has 13 heteroatoms. The predicted molar refractivity (Wildman–Crippen MR) is 173 cm³/mol. The van der Waals surface area contributed by atoms with Crippen molar-refractivity contribution in [1.82, 2.24) is 0 Å². The highest BCUT2D eigenvalue weighted by Crippen LogP contribution is 2.48. The molecule has 0 bridgehead atoms. The fraction of sp³-hybridized carbons (Fsp3) is 0.257. The molecule has 1 amide bonds.